The van der Waals surface area contributed by atoms with Gasteiger partial charge in [-0.1, -0.05) is 30.3 Å². The first-order valence-corrected chi connectivity index (χ1v) is 6.91. The summed E-state index contributed by atoms with van der Waals surface area (Å²) in [6.45, 7) is 0. The molecule has 0 spiro atoms. The lowest BCUT2D eigenvalue weighted by Gasteiger charge is -2.11. The molecule has 4 heteroatoms. The second-order valence-corrected chi connectivity index (χ2v) is 4.98. The molecule has 0 aliphatic heterocycles. The minimum atomic E-state index is -0.199. The van der Waals surface area contributed by atoms with E-state index in [1.54, 1.807) is 31.4 Å². The number of carbonyl (C=O) groups excluding carboxylic acids is 1. The minimum absolute atomic E-state index is 0.199. The normalized spacial score (nSPS) is 10.4. The van der Waals surface area contributed by atoms with Crippen LogP contribution in [0.15, 0.2) is 60.7 Å². The fraction of sp³-hybridized carbons (Fsp3) is 0.0556. The standard InChI is InChI=1S/C18H16N2O2/c1-22-17-9-8-15(19)11-16(17)20-18(21)14-7-6-12-4-2-3-5-13(12)10-14/h2-11H,19H2,1H3,(H,20,21). The molecule has 22 heavy (non-hydrogen) atoms. The molecule has 0 unspecified atom stereocenters. The van der Waals surface area contributed by atoms with E-state index in [0.717, 1.165) is 10.8 Å². The fourth-order valence-electron chi connectivity index (χ4n) is 2.35. The van der Waals surface area contributed by atoms with Crippen molar-refractivity contribution >= 4 is 28.1 Å². The number of rotatable bonds is 3. The second-order valence-electron chi connectivity index (χ2n) is 4.98. The summed E-state index contributed by atoms with van der Waals surface area (Å²) in [6, 6.07) is 18.6. The van der Waals surface area contributed by atoms with Crippen LogP contribution in [0.3, 0.4) is 0 Å². The average molecular weight is 292 g/mol. The molecule has 1 amide bonds. The number of methoxy groups -OCH3 is 1. The predicted octanol–water partition coefficient (Wildman–Crippen LogP) is 3.68. The maximum absolute atomic E-state index is 12.4. The predicted molar refractivity (Wildman–Crippen MR) is 89.3 cm³/mol. The molecule has 0 heterocycles. The molecule has 0 atom stereocenters. The lowest BCUT2D eigenvalue weighted by Crippen LogP contribution is -2.12. The van der Waals surface area contributed by atoms with Gasteiger partial charge in [0.2, 0.25) is 0 Å². The fourth-order valence-corrected chi connectivity index (χ4v) is 2.35. The molecule has 3 aromatic carbocycles. The van der Waals surface area contributed by atoms with Gasteiger partial charge in [0.15, 0.2) is 0 Å². The highest BCUT2D eigenvalue weighted by Crippen LogP contribution is 2.27. The van der Waals surface area contributed by atoms with E-state index in [1.807, 2.05) is 36.4 Å². The van der Waals surface area contributed by atoms with Gasteiger partial charge < -0.3 is 15.8 Å². The number of carbonyl (C=O) groups is 1. The third-order valence-electron chi connectivity index (χ3n) is 3.48. The highest BCUT2D eigenvalue weighted by molar-refractivity contribution is 6.07. The number of nitrogen functional groups attached to an aromatic ring is 1. The molecule has 3 aromatic rings. The summed E-state index contributed by atoms with van der Waals surface area (Å²) in [5.41, 5.74) is 7.47. The number of nitrogens with one attached hydrogen (secondary N) is 1. The summed E-state index contributed by atoms with van der Waals surface area (Å²) >= 11 is 0. The number of anilines is 2. The molecule has 0 radical (unpaired) electrons. The van der Waals surface area contributed by atoms with Crippen molar-refractivity contribution in [1.29, 1.82) is 0 Å². The average Bonchev–Trinajstić information content (AvgIpc) is 2.54. The van der Waals surface area contributed by atoms with Crippen molar-refractivity contribution in [2.75, 3.05) is 18.2 Å². The zero-order valence-corrected chi connectivity index (χ0v) is 12.2. The summed E-state index contributed by atoms with van der Waals surface area (Å²) in [4.78, 5) is 12.4. The van der Waals surface area contributed by atoms with Gasteiger partial charge in [0.25, 0.3) is 5.91 Å². The molecule has 0 aliphatic rings. The Balaban J connectivity index is 1.91. The van der Waals surface area contributed by atoms with Crippen LogP contribution < -0.4 is 15.8 Å². The smallest absolute Gasteiger partial charge is 0.255 e. The number of fused-ring (bicyclic) bond motifs is 1. The molecular weight excluding hydrogens is 276 g/mol. The number of benzene rings is 3. The molecule has 0 saturated carbocycles. The topological polar surface area (TPSA) is 64.3 Å². The highest BCUT2D eigenvalue weighted by atomic mass is 16.5. The second kappa shape index (κ2) is 5.77. The number of ether oxygens (including phenoxy) is 1. The van der Waals surface area contributed by atoms with E-state index in [-0.39, 0.29) is 5.91 Å². The van der Waals surface area contributed by atoms with Crippen molar-refractivity contribution < 1.29 is 9.53 Å². The molecular formula is C18H16N2O2. The van der Waals surface area contributed by atoms with Crippen molar-refractivity contribution in [3.05, 3.63) is 66.2 Å². The Kier molecular flexibility index (Phi) is 3.66. The van der Waals surface area contributed by atoms with Crippen LogP contribution in [0.2, 0.25) is 0 Å². The van der Waals surface area contributed by atoms with E-state index in [2.05, 4.69) is 5.32 Å². The van der Waals surface area contributed by atoms with Gasteiger partial charge >= 0.3 is 0 Å². The third kappa shape index (κ3) is 2.72. The van der Waals surface area contributed by atoms with E-state index in [0.29, 0.717) is 22.7 Å². The summed E-state index contributed by atoms with van der Waals surface area (Å²) in [6.07, 6.45) is 0. The van der Waals surface area contributed by atoms with Crippen molar-refractivity contribution in [1.82, 2.24) is 0 Å². The van der Waals surface area contributed by atoms with Gasteiger partial charge in [-0.3, -0.25) is 4.79 Å². The van der Waals surface area contributed by atoms with Crippen molar-refractivity contribution in [2.24, 2.45) is 0 Å². The van der Waals surface area contributed by atoms with Crippen LogP contribution >= 0.6 is 0 Å². The van der Waals surface area contributed by atoms with E-state index in [1.165, 1.54) is 0 Å². The Hall–Kier alpha value is -3.01. The highest BCUT2D eigenvalue weighted by Gasteiger charge is 2.10. The maximum atomic E-state index is 12.4. The van der Waals surface area contributed by atoms with Crippen LogP contribution in [-0.4, -0.2) is 13.0 Å². The van der Waals surface area contributed by atoms with Crippen LogP contribution in [0, 0.1) is 0 Å². The molecule has 3 N–H and O–H groups in total. The number of hydrogen-bond donors (Lipinski definition) is 2. The Labute approximate surface area is 128 Å². The van der Waals surface area contributed by atoms with Gasteiger partial charge in [0.05, 0.1) is 12.8 Å². The maximum Gasteiger partial charge on any atom is 0.255 e. The Morgan fingerprint density at radius 2 is 1.77 bits per heavy atom. The number of amides is 1. The van der Waals surface area contributed by atoms with Crippen LogP contribution in [0.5, 0.6) is 5.75 Å². The Morgan fingerprint density at radius 3 is 2.55 bits per heavy atom. The molecule has 0 aromatic heterocycles. The Bertz CT molecular complexity index is 843. The van der Waals surface area contributed by atoms with Gasteiger partial charge in [0, 0.05) is 11.3 Å². The molecule has 0 saturated heterocycles. The first-order chi connectivity index (χ1) is 10.7. The third-order valence-corrected chi connectivity index (χ3v) is 3.48. The first kappa shape index (κ1) is 13.9. The lowest BCUT2D eigenvalue weighted by atomic mass is 10.1. The molecule has 4 nitrogen and oxygen atoms in total. The summed E-state index contributed by atoms with van der Waals surface area (Å²) < 4.78 is 5.24. The van der Waals surface area contributed by atoms with E-state index in [9.17, 15) is 4.79 Å². The van der Waals surface area contributed by atoms with E-state index < -0.39 is 0 Å². The van der Waals surface area contributed by atoms with Crippen LogP contribution in [0.1, 0.15) is 10.4 Å². The van der Waals surface area contributed by atoms with Gasteiger partial charge in [-0.2, -0.15) is 0 Å². The van der Waals surface area contributed by atoms with Crippen LogP contribution in [-0.2, 0) is 0 Å². The van der Waals surface area contributed by atoms with Crippen molar-refractivity contribution in [3.63, 3.8) is 0 Å². The SMILES string of the molecule is COc1ccc(N)cc1NC(=O)c1ccc2ccccc2c1. The zero-order chi connectivity index (χ0) is 15.5. The minimum Gasteiger partial charge on any atom is -0.495 e. The van der Waals surface area contributed by atoms with E-state index >= 15 is 0 Å². The quantitative estimate of drug-likeness (QED) is 0.724. The summed E-state index contributed by atoms with van der Waals surface area (Å²) in [7, 11) is 1.55. The van der Waals surface area contributed by atoms with Crippen LogP contribution in [0.25, 0.3) is 10.8 Å². The summed E-state index contributed by atoms with van der Waals surface area (Å²) in [5, 5.41) is 4.96. The van der Waals surface area contributed by atoms with Gasteiger partial charge in [0.1, 0.15) is 5.75 Å². The molecule has 3 rings (SSSR count). The van der Waals surface area contributed by atoms with E-state index in [4.69, 9.17) is 10.5 Å². The first-order valence-electron chi connectivity index (χ1n) is 6.91. The Morgan fingerprint density at radius 1 is 1.00 bits per heavy atom. The zero-order valence-electron chi connectivity index (χ0n) is 12.2. The largest absolute Gasteiger partial charge is 0.495 e. The van der Waals surface area contributed by atoms with Crippen molar-refractivity contribution in [3.8, 4) is 5.75 Å². The molecule has 0 bridgehead atoms. The molecule has 0 aliphatic carbocycles. The molecule has 110 valence electrons. The lowest BCUT2D eigenvalue weighted by molar-refractivity contribution is 0.102. The number of nitrogens with two attached hydrogens (primary N) is 1. The number of hydrogen-bond acceptors (Lipinski definition) is 3. The van der Waals surface area contributed by atoms with Crippen LogP contribution in [0.4, 0.5) is 11.4 Å². The van der Waals surface area contributed by atoms with Gasteiger partial charge in [-0.25, -0.2) is 0 Å². The molecule has 0 fully saturated rings. The summed E-state index contributed by atoms with van der Waals surface area (Å²) in [5.74, 6) is 0.373. The monoisotopic (exact) mass is 292 g/mol. The van der Waals surface area contributed by atoms with Gasteiger partial charge in [-0.15, -0.1) is 0 Å². The van der Waals surface area contributed by atoms with Gasteiger partial charge in [-0.05, 0) is 41.1 Å². The van der Waals surface area contributed by atoms with Crippen molar-refractivity contribution in [2.45, 2.75) is 0 Å².